The first-order valence-electron chi connectivity index (χ1n) is 5.22. The molecule has 0 unspecified atom stereocenters. The average molecular weight is 471 g/mol. The van der Waals surface area contributed by atoms with Crippen molar-refractivity contribution in [1.29, 1.82) is 0 Å². The van der Waals surface area contributed by atoms with E-state index in [4.69, 9.17) is 0 Å². The van der Waals surface area contributed by atoms with Crippen molar-refractivity contribution in [2.75, 3.05) is 0 Å². The van der Waals surface area contributed by atoms with E-state index in [0.29, 0.717) is 0 Å². The van der Waals surface area contributed by atoms with Crippen LogP contribution in [0.25, 0.3) is 0 Å². The van der Waals surface area contributed by atoms with Crippen LogP contribution in [0.15, 0.2) is 71.6 Å². The zero-order valence-electron chi connectivity index (χ0n) is 9.71. The number of hydrogen-bond acceptors (Lipinski definition) is 2. The first-order chi connectivity index (χ1) is 8.86. The number of hydrogen-bond donors (Lipinski definition) is 0. The van der Waals surface area contributed by atoms with Gasteiger partial charge in [0.2, 0.25) is 11.3 Å². The van der Waals surface area contributed by atoms with Gasteiger partial charge < -0.3 is 0 Å². The molecule has 0 aromatic heterocycles. The van der Waals surface area contributed by atoms with Gasteiger partial charge in [-0.2, -0.15) is 0 Å². The van der Waals surface area contributed by atoms with E-state index in [9.17, 15) is 8.42 Å². The van der Waals surface area contributed by atoms with Gasteiger partial charge in [0, 0.05) is 0 Å². The summed E-state index contributed by atoms with van der Waals surface area (Å²) in [7, 11) is -3.43. The van der Waals surface area contributed by atoms with Crippen LogP contribution in [-0.4, -0.2) is 9.89 Å². The maximum atomic E-state index is 11.7. The molecule has 2 aromatic rings. The second kappa shape index (κ2) is 7.57. The van der Waals surface area contributed by atoms with E-state index in [2.05, 4.69) is 47.8 Å². The molecule has 2 nitrogen and oxygen atoms in total. The Morgan fingerprint density at radius 1 is 0.684 bits per heavy atom. The van der Waals surface area contributed by atoms with Crippen LogP contribution < -0.4 is 0 Å². The minimum Gasteiger partial charge on any atom is -0.220 e. The van der Waals surface area contributed by atoms with Crippen molar-refractivity contribution in [2.45, 2.75) is 6.37 Å². The standard InChI is InChI=1S/C7H5Br3O2S.C6H6/c8-7(9,10)13(11,12)6-4-2-1-3-5-6;1-2-4-6-5-3-1/h1-5H;1-6H. The monoisotopic (exact) mass is 468 g/mol. The number of halogens is 3. The summed E-state index contributed by atoms with van der Waals surface area (Å²) >= 11 is 8.95. The Kier molecular flexibility index (Phi) is 6.73. The smallest absolute Gasteiger partial charge is 0.220 e. The number of rotatable bonds is 1. The Labute approximate surface area is 138 Å². The second-order valence-corrected chi connectivity index (χ2v) is 13.8. The van der Waals surface area contributed by atoms with E-state index in [1.807, 2.05) is 36.4 Å². The van der Waals surface area contributed by atoms with Gasteiger partial charge in [0.05, 0.1) is 4.90 Å². The van der Waals surface area contributed by atoms with E-state index in [-0.39, 0.29) is 4.90 Å². The maximum Gasteiger partial charge on any atom is 0.239 e. The molecule has 0 atom stereocenters. The summed E-state index contributed by atoms with van der Waals surface area (Å²) in [6.07, 6.45) is 0. The second-order valence-electron chi connectivity index (χ2n) is 3.42. The van der Waals surface area contributed by atoms with E-state index in [1.165, 1.54) is 12.1 Å². The van der Waals surface area contributed by atoms with Gasteiger partial charge in [0.25, 0.3) is 0 Å². The molecule has 19 heavy (non-hydrogen) atoms. The molecule has 2 aromatic carbocycles. The highest BCUT2D eigenvalue weighted by molar-refractivity contribution is 9.42. The van der Waals surface area contributed by atoms with Gasteiger partial charge in [0.1, 0.15) is 0 Å². The van der Waals surface area contributed by atoms with Crippen molar-refractivity contribution in [2.24, 2.45) is 0 Å². The number of sulfone groups is 1. The first kappa shape index (κ1) is 16.9. The highest BCUT2D eigenvalue weighted by Gasteiger charge is 2.36. The lowest BCUT2D eigenvalue weighted by molar-refractivity contribution is 0.599. The molecule has 2 rings (SSSR count). The van der Waals surface area contributed by atoms with Gasteiger partial charge in [-0.3, -0.25) is 0 Å². The lowest BCUT2D eigenvalue weighted by Crippen LogP contribution is -2.17. The molecule has 0 bridgehead atoms. The van der Waals surface area contributed by atoms with Crippen LogP contribution in [0.1, 0.15) is 0 Å². The Bertz CT molecular complexity index is 552. The van der Waals surface area contributed by atoms with Crippen LogP contribution in [0.5, 0.6) is 0 Å². The summed E-state index contributed by atoms with van der Waals surface area (Å²) in [4.78, 5) is 0.251. The van der Waals surface area contributed by atoms with E-state index >= 15 is 0 Å². The summed E-state index contributed by atoms with van der Waals surface area (Å²) in [5.74, 6) is 0. The molecule has 102 valence electrons. The molecular weight excluding hydrogens is 460 g/mol. The minimum absolute atomic E-state index is 0.251. The Morgan fingerprint density at radius 2 is 1.00 bits per heavy atom. The molecule has 0 radical (unpaired) electrons. The summed E-state index contributed by atoms with van der Waals surface area (Å²) in [6, 6.07) is 20.2. The van der Waals surface area contributed by atoms with Crippen LogP contribution in [0.4, 0.5) is 0 Å². The topological polar surface area (TPSA) is 34.1 Å². The fourth-order valence-corrected chi connectivity index (χ4v) is 3.58. The predicted molar refractivity (Wildman–Crippen MR) is 89.6 cm³/mol. The molecule has 6 heteroatoms. The zero-order chi connectivity index (χ0) is 14.4. The molecule has 0 aliphatic heterocycles. The van der Waals surface area contributed by atoms with Crippen LogP contribution >= 0.6 is 47.8 Å². The fraction of sp³-hybridized carbons (Fsp3) is 0.0769. The van der Waals surface area contributed by atoms with Gasteiger partial charge in [-0.05, 0) is 59.9 Å². The molecule has 0 spiro atoms. The van der Waals surface area contributed by atoms with Crippen molar-refractivity contribution in [3.63, 3.8) is 0 Å². The lowest BCUT2D eigenvalue weighted by Gasteiger charge is -2.12. The summed E-state index contributed by atoms with van der Waals surface area (Å²) in [6.45, 7) is 0. The maximum absolute atomic E-state index is 11.7. The van der Waals surface area contributed by atoms with E-state index in [1.54, 1.807) is 18.2 Å². The van der Waals surface area contributed by atoms with Crippen molar-refractivity contribution >= 4 is 57.6 Å². The van der Waals surface area contributed by atoms with Gasteiger partial charge in [-0.25, -0.2) is 8.42 Å². The minimum atomic E-state index is -3.43. The van der Waals surface area contributed by atoms with Crippen molar-refractivity contribution < 1.29 is 8.42 Å². The van der Waals surface area contributed by atoms with Crippen LogP contribution in [0.3, 0.4) is 0 Å². The first-order valence-corrected chi connectivity index (χ1v) is 9.08. The normalized spacial score (nSPS) is 11.3. The zero-order valence-corrected chi connectivity index (χ0v) is 15.3. The highest BCUT2D eigenvalue weighted by Crippen LogP contribution is 2.42. The molecule has 0 saturated carbocycles. The Hall–Kier alpha value is -0.170. The van der Waals surface area contributed by atoms with Gasteiger partial charge in [0.15, 0.2) is 0 Å². The molecule has 0 aliphatic carbocycles. The van der Waals surface area contributed by atoms with Crippen molar-refractivity contribution in [3.8, 4) is 0 Å². The van der Waals surface area contributed by atoms with Crippen LogP contribution in [0, 0.1) is 0 Å². The highest BCUT2D eigenvalue weighted by atomic mass is 80.0. The van der Waals surface area contributed by atoms with Crippen LogP contribution in [-0.2, 0) is 9.84 Å². The summed E-state index contributed by atoms with van der Waals surface area (Å²) < 4.78 is 22.1. The van der Waals surface area contributed by atoms with Gasteiger partial charge in [-0.15, -0.1) is 0 Å². The third-order valence-electron chi connectivity index (χ3n) is 2.02. The average Bonchev–Trinajstić information content (AvgIpc) is 2.41. The molecular formula is C13H11Br3O2S. The lowest BCUT2D eigenvalue weighted by atomic mass is 10.4. The van der Waals surface area contributed by atoms with Crippen molar-refractivity contribution in [3.05, 3.63) is 66.7 Å². The summed E-state index contributed by atoms with van der Waals surface area (Å²) in [5.41, 5.74) is 0. The fourth-order valence-electron chi connectivity index (χ4n) is 1.12. The van der Waals surface area contributed by atoms with Crippen molar-refractivity contribution in [1.82, 2.24) is 0 Å². The molecule has 0 aliphatic rings. The third-order valence-corrected chi connectivity index (χ3v) is 7.36. The van der Waals surface area contributed by atoms with Gasteiger partial charge >= 0.3 is 0 Å². The number of alkyl halides is 3. The quantitative estimate of drug-likeness (QED) is 0.553. The molecule has 0 N–H and O–H groups in total. The molecule has 0 amide bonds. The Morgan fingerprint density at radius 3 is 1.32 bits per heavy atom. The van der Waals surface area contributed by atoms with E-state index in [0.717, 1.165) is 0 Å². The molecule has 0 saturated heterocycles. The molecule has 0 fully saturated rings. The van der Waals surface area contributed by atoms with Crippen LogP contribution in [0.2, 0.25) is 0 Å². The Balaban J connectivity index is 0.000000250. The van der Waals surface area contributed by atoms with E-state index < -0.39 is 11.3 Å². The largest absolute Gasteiger partial charge is 0.239 e. The third kappa shape index (κ3) is 5.38. The predicted octanol–water partition coefficient (Wildman–Crippen LogP) is 4.94. The van der Waals surface area contributed by atoms with Gasteiger partial charge in [-0.1, -0.05) is 54.6 Å². The molecule has 0 heterocycles. The SMILES string of the molecule is O=S(=O)(c1ccccc1)C(Br)(Br)Br.c1ccccc1. The number of benzene rings is 2. The summed E-state index contributed by atoms with van der Waals surface area (Å²) in [5, 5.41) is 0.